The number of anilines is 3. The van der Waals surface area contributed by atoms with Crippen LogP contribution in [-0.2, 0) is 0 Å². The smallest absolute Gasteiger partial charge is 0.0782 e. The first kappa shape index (κ1) is 29.1. The highest BCUT2D eigenvalue weighted by molar-refractivity contribution is 6.19. The van der Waals surface area contributed by atoms with E-state index in [2.05, 4.69) is 214 Å². The van der Waals surface area contributed by atoms with Crippen molar-refractivity contribution in [3.63, 3.8) is 0 Å². The molecule has 0 spiro atoms. The number of hydrogen-bond donors (Lipinski definition) is 0. The van der Waals surface area contributed by atoms with E-state index in [4.69, 9.17) is 0 Å². The summed E-state index contributed by atoms with van der Waals surface area (Å²) in [4.78, 5) is 2.46. The molecule has 0 saturated carbocycles. The van der Waals surface area contributed by atoms with Crippen molar-refractivity contribution < 1.29 is 0 Å². The van der Waals surface area contributed by atoms with Crippen LogP contribution in [0.4, 0.5) is 17.1 Å². The summed E-state index contributed by atoms with van der Waals surface area (Å²) in [6, 6.07) is 72.1. The maximum absolute atomic E-state index is 2.46. The van der Waals surface area contributed by atoms with Gasteiger partial charge in [-0.3, -0.25) is 0 Å². The third kappa shape index (κ3) is 4.67. The summed E-state index contributed by atoms with van der Waals surface area (Å²) in [5.74, 6) is 0. The minimum Gasteiger partial charge on any atom is -0.309 e. The lowest BCUT2D eigenvalue weighted by Crippen LogP contribution is -2.12. The molecule has 240 valence electrons. The molecule has 10 rings (SSSR count). The van der Waals surface area contributed by atoms with Crippen molar-refractivity contribution in [2.75, 3.05) is 4.90 Å². The van der Waals surface area contributed by atoms with Gasteiger partial charge in [0.1, 0.15) is 0 Å². The molecule has 3 nitrogen and oxygen atoms in total. The Kier molecular flexibility index (Phi) is 6.81. The lowest BCUT2D eigenvalue weighted by atomic mass is 10.1. The summed E-state index contributed by atoms with van der Waals surface area (Å²) in [5.41, 5.74) is 12.7. The van der Waals surface area contributed by atoms with E-state index >= 15 is 0 Å². The average Bonchev–Trinajstić information content (AvgIpc) is 3.73. The fourth-order valence-electron chi connectivity index (χ4n) is 7.91. The van der Waals surface area contributed by atoms with Crippen molar-refractivity contribution in [2.45, 2.75) is 0 Å². The van der Waals surface area contributed by atoms with Gasteiger partial charge in [-0.25, -0.2) is 0 Å². The highest BCUT2D eigenvalue weighted by Crippen LogP contribution is 2.47. The van der Waals surface area contributed by atoms with Crippen molar-refractivity contribution in [1.29, 1.82) is 0 Å². The summed E-state index contributed by atoms with van der Waals surface area (Å²) in [7, 11) is 0. The van der Waals surface area contributed by atoms with Crippen molar-refractivity contribution in [3.8, 4) is 22.5 Å². The molecule has 10 aromatic rings. The minimum absolute atomic E-state index is 1.10. The average molecular weight is 652 g/mol. The summed E-state index contributed by atoms with van der Waals surface area (Å²) in [6.07, 6.45) is 0. The van der Waals surface area contributed by atoms with E-state index in [1.807, 2.05) is 0 Å². The molecule has 51 heavy (non-hydrogen) atoms. The second-order valence-electron chi connectivity index (χ2n) is 13.0. The Morgan fingerprint density at radius 3 is 1.57 bits per heavy atom. The standard InChI is InChI=1S/C48H33N3/c1-4-16-34(17-5-1)35-30-32-38(33-31-35)51-42-25-12-10-22-39(42)40-24-14-29-46(48(40)51)50(37-20-8-3-9-21-37)45-28-15-27-44-47(45)41-23-11-13-26-43(41)49(44)36-18-6-2-7-19-36/h1-33H. The van der Waals surface area contributed by atoms with Gasteiger partial charge in [-0.1, -0.05) is 133 Å². The highest BCUT2D eigenvalue weighted by atomic mass is 15.2. The Morgan fingerprint density at radius 2 is 0.824 bits per heavy atom. The molecule has 8 aromatic carbocycles. The number of benzene rings is 8. The molecule has 0 aliphatic carbocycles. The molecule has 0 amide bonds. The van der Waals surface area contributed by atoms with E-state index in [1.165, 1.54) is 54.7 Å². The van der Waals surface area contributed by atoms with Gasteiger partial charge < -0.3 is 14.0 Å². The predicted molar refractivity (Wildman–Crippen MR) is 215 cm³/mol. The second-order valence-corrected chi connectivity index (χ2v) is 13.0. The lowest BCUT2D eigenvalue weighted by Gasteiger charge is -2.28. The van der Waals surface area contributed by atoms with Crippen LogP contribution < -0.4 is 4.90 Å². The van der Waals surface area contributed by atoms with Crippen LogP contribution in [0.1, 0.15) is 0 Å². The summed E-state index contributed by atoms with van der Waals surface area (Å²) < 4.78 is 4.83. The van der Waals surface area contributed by atoms with E-state index < -0.39 is 0 Å². The number of nitrogens with zero attached hydrogens (tertiary/aromatic N) is 3. The van der Waals surface area contributed by atoms with Gasteiger partial charge in [-0.15, -0.1) is 0 Å². The van der Waals surface area contributed by atoms with Crippen LogP contribution in [0.3, 0.4) is 0 Å². The third-order valence-corrected chi connectivity index (χ3v) is 10.1. The molecule has 2 aromatic heterocycles. The Hall–Kier alpha value is -6.84. The fourth-order valence-corrected chi connectivity index (χ4v) is 7.91. The van der Waals surface area contributed by atoms with E-state index in [1.54, 1.807) is 0 Å². The molecule has 2 heterocycles. The number of aromatic nitrogens is 2. The van der Waals surface area contributed by atoms with Crippen LogP contribution in [0, 0.1) is 0 Å². The zero-order valence-electron chi connectivity index (χ0n) is 27.9. The van der Waals surface area contributed by atoms with Crippen molar-refractivity contribution >= 4 is 60.7 Å². The van der Waals surface area contributed by atoms with Gasteiger partial charge in [0.05, 0.1) is 33.4 Å². The molecule has 0 aliphatic rings. The van der Waals surface area contributed by atoms with Crippen LogP contribution in [0.5, 0.6) is 0 Å². The number of fused-ring (bicyclic) bond motifs is 6. The van der Waals surface area contributed by atoms with Gasteiger partial charge >= 0.3 is 0 Å². The van der Waals surface area contributed by atoms with E-state index in [9.17, 15) is 0 Å². The maximum atomic E-state index is 2.46. The lowest BCUT2D eigenvalue weighted by molar-refractivity contribution is 1.17. The van der Waals surface area contributed by atoms with Crippen LogP contribution in [0.25, 0.3) is 66.1 Å². The second kappa shape index (κ2) is 11.9. The normalized spacial score (nSPS) is 11.5. The van der Waals surface area contributed by atoms with Gasteiger partial charge in [-0.05, 0) is 77.9 Å². The molecule has 0 radical (unpaired) electrons. The number of rotatable bonds is 6. The van der Waals surface area contributed by atoms with Gasteiger partial charge in [0.2, 0.25) is 0 Å². The quantitative estimate of drug-likeness (QED) is 0.174. The van der Waals surface area contributed by atoms with E-state index in [0.717, 1.165) is 28.4 Å². The van der Waals surface area contributed by atoms with Gasteiger partial charge in [0.25, 0.3) is 0 Å². The summed E-state index contributed by atoms with van der Waals surface area (Å²) in [5, 5.41) is 4.88. The van der Waals surface area contributed by atoms with E-state index in [-0.39, 0.29) is 0 Å². The van der Waals surface area contributed by atoms with E-state index in [0.29, 0.717) is 0 Å². The van der Waals surface area contributed by atoms with Crippen LogP contribution in [0.2, 0.25) is 0 Å². The molecule has 0 atom stereocenters. The first-order chi connectivity index (χ1) is 25.3. The third-order valence-electron chi connectivity index (χ3n) is 10.1. The zero-order chi connectivity index (χ0) is 33.7. The Morgan fingerprint density at radius 1 is 0.314 bits per heavy atom. The van der Waals surface area contributed by atoms with Crippen molar-refractivity contribution in [2.24, 2.45) is 0 Å². The van der Waals surface area contributed by atoms with Gasteiger partial charge in [-0.2, -0.15) is 0 Å². The van der Waals surface area contributed by atoms with Crippen molar-refractivity contribution in [3.05, 3.63) is 200 Å². The Balaban J connectivity index is 1.29. The Bertz CT molecular complexity index is 2830. The van der Waals surface area contributed by atoms with Crippen LogP contribution in [0.15, 0.2) is 200 Å². The van der Waals surface area contributed by atoms with Crippen LogP contribution >= 0.6 is 0 Å². The van der Waals surface area contributed by atoms with Gasteiger partial charge in [0.15, 0.2) is 0 Å². The highest BCUT2D eigenvalue weighted by Gasteiger charge is 2.24. The molecule has 0 aliphatic heterocycles. The first-order valence-corrected chi connectivity index (χ1v) is 17.5. The van der Waals surface area contributed by atoms with Crippen molar-refractivity contribution in [1.82, 2.24) is 9.13 Å². The largest absolute Gasteiger partial charge is 0.309 e. The molecular weight excluding hydrogens is 619 g/mol. The molecule has 0 unspecified atom stereocenters. The predicted octanol–water partition coefficient (Wildman–Crippen LogP) is 13.0. The molecule has 0 N–H and O–H groups in total. The van der Waals surface area contributed by atoms with Gasteiger partial charge in [0, 0.05) is 38.6 Å². The first-order valence-electron chi connectivity index (χ1n) is 17.5. The topological polar surface area (TPSA) is 13.1 Å². The SMILES string of the molecule is c1ccc(-c2ccc(-n3c4ccccc4c4cccc(N(c5ccccc5)c5cccc6c5c5ccccc5n6-c5ccccc5)c43)cc2)cc1. The van der Waals surface area contributed by atoms with Crippen LogP contribution in [-0.4, -0.2) is 9.13 Å². The zero-order valence-corrected chi connectivity index (χ0v) is 27.9. The molecule has 0 saturated heterocycles. The minimum atomic E-state index is 1.10. The monoisotopic (exact) mass is 651 g/mol. The maximum Gasteiger partial charge on any atom is 0.0782 e. The molecule has 3 heteroatoms. The number of para-hydroxylation sites is 5. The fraction of sp³-hybridized carbons (Fsp3) is 0. The molecule has 0 fully saturated rings. The molecular formula is C48H33N3. The Labute approximate surface area is 296 Å². The summed E-state index contributed by atoms with van der Waals surface area (Å²) in [6.45, 7) is 0. The molecule has 0 bridgehead atoms. The summed E-state index contributed by atoms with van der Waals surface area (Å²) >= 11 is 0. The number of hydrogen-bond acceptors (Lipinski definition) is 1.